The van der Waals surface area contributed by atoms with E-state index in [-0.39, 0.29) is 5.56 Å². The van der Waals surface area contributed by atoms with Crippen LogP contribution in [0.25, 0.3) is 16.9 Å². The third-order valence-electron chi connectivity index (χ3n) is 3.50. The number of nitrogens with one attached hydrogen (secondary N) is 1. The Morgan fingerprint density at radius 1 is 1.24 bits per heavy atom. The van der Waals surface area contributed by atoms with Crippen LogP contribution in [0.3, 0.4) is 0 Å². The molecule has 7 nitrogen and oxygen atoms in total. The summed E-state index contributed by atoms with van der Waals surface area (Å²) in [6.45, 7) is 0. The number of nitrogens with zero attached hydrogens (tertiary/aromatic N) is 5. The Hall–Kier alpha value is -2.96. The van der Waals surface area contributed by atoms with Crippen LogP contribution in [0.1, 0.15) is 11.4 Å². The molecule has 1 N–H and O–H groups in total. The van der Waals surface area contributed by atoms with Gasteiger partial charge in [-0.1, -0.05) is 30.3 Å². The molecular weight excluding hydrogens is 268 g/mol. The Balaban J connectivity index is 1.94. The van der Waals surface area contributed by atoms with Crippen molar-refractivity contribution in [2.75, 3.05) is 0 Å². The van der Waals surface area contributed by atoms with Gasteiger partial charge in [0.1, 0.15) is 12.2 Å². The molecule has 3 heterocycles. The van der Waals surface area contributed by atoms with E-state index >= 15 is 0 Å². The van der Waals surface area contributed by atoms with Crippen molar-refractivity contribution in [3.05, 3.63) is 58.4 Å². The van der Waals surface area contributed by atoms with Gasteiger partial charge < -0.3 is 4.98 Å². The topological polar surface area (TPSA) is 80.9 Å². The molecule has 21 heavy (non-hydrogen) atoms. The standard InChI is InChI=1S/C14H12N6O/c1-19-13(21)11-12(20-14(19)15-8-16-20)18-10(17-11)7-9-5-3-2-4-6-9/h2-6,8H,7H2,1H3,(H,17,18). The maximum absolute atomic E-state index is 12.3. The second-order valence-corrected chi connectivity index (χ2v) is 4.88. The van der Waals surface area contributed by atoms with Gasteiger partial charge in [0.05, 0.1) is 0 Å². The third-order valence-corrected chi connectivity index (χ3v) is 3.50. The van der Waals surface area contributed by atoms with E-state index in [1.165, 1.54) is 10.9 Å². The first-order valence-corrected chi connectivity index (χ1v) is 6.55. The van der Waals surface area contributed by atoms with E-state index in [4.69, 9.17) is 0 Å². The van der Waals surface area contributed by atoms with Crippen LogP contribution in [-0.4, -0.2) is 29.1 Å². The molecule has 0 fully saturated rings. The number of H-pyrrole nitrogens is 1. The molecule has 0 saturated heterocycles. The number of aromatic nitrogens is 6. The zero-order valence-electron chi connectivity index (χ0n) is 11.3. The number of rotatable bonds is 2. The summed E-state index contributed by atoms with van der Waals surface area (Å²) in [7, 11) is 1.67. The minimum atomic E-state index is -0.155. The van der Waals surface area contributed by atoms with Gasteiger partial charge in [0.15, 0.2) is 11.2 Å². The molecule has 0 aliphatic heterocycles. The third kappa shape index (κ3) is 1.74. The molecule has 4 aromatic rings. The highest BCUT2D eigenvalue weighted by Gasteiger charge is 2.14. The zero-order chi connectivity index (χ0) is 14.4. The molecular formula is C14H12N6O. The number of imidazole rings is 1. The summed E-state index contributed by atoms with van der Waals surface area (Å²) in [4.78, 5) is 24.0. The van der Waals surface area contributed by atoms with E-state index < -0.39 is 0 Å². The monoisotopic (exact) mass is 280 g/mol. The first-order chi connectivity index (χ1) is 10.2. The predicted molar refractivity (Wildman–Crippen MR) is 77.1 cm³/mol. The number of hydrogen-bond donors (Lipinski definition) is 1. The number of benzene rings is 1. The number of aromatic amines is 1. The van der Waals surface area contributed by atoms with Gasteiger partial charge in [-0.05, 0) is 5.56 Å². The van der Waals surface area contributed by atoms with Gasteiger partial charge in [-0.2, -0.15) is 14.6 Å². The summed E-state index contributed by atoms with van der Waals surface area (Å²) in [6.07, 6.45) is 2.05. The lowest BCUT2D eigenvalue weighted by atomic mass is 10.1. The summed E-state index contributed by atoms with van der Waals surface area (Å²) in [5, 5.41) is 4.13. The minimum Gasteiger partial charge on any atom is -0.336 e. The van der Waals surface area contributed by atoms with Crippen LogP contribution < -0.4 is 5.56 Å². The number of fused-ring (bicyclic) bond motifs is 3. The fourth-order valence-corrected chi connectivity index (χ4v) is 2.46. The maximum atomic E-state index is 12.3. The van der Waals surface area contributed by atoms with Crippen LogP contribution >= 0.6 is 0 Å². The molecule has 0 spiro atoms. The fourth-order valence-electron chi connectivity index (χ4n) is 2.46. The van der Waals surface area contributed by atoms with Gasteiger partial charge >= 0.3 is 0 Å². The Morgan fingerprint density at radius 2 is 2.05 bits per heavy atom. The van der Waals surface area contributed by atoms with Crippen molar-refractivity contribution in [3.8, 4) is 0 Å². The first-order valence-electron chi connectivity index (χ1n) is 6.55. The van der Waals surface area contributed by atoms with E-state index in [0.29, 0.717) is 23.4 Å². The van der Waals surface area contributed by atoms with Crippen LogP contribution in [-0.2, 0) is 13.5 Å². The Kier molecular flexibility index (Phi) is 2.41. The smallest absolute Gasteiger partial charge is 0.280 e. The number of aryl methyl sites for hydroxylation is 1. The molecule has 7 heteroatoms. The van der Waals surface area contributed by atoms with Crippen molar-refractivity contribution in [2.45, 2.75) is 6.42 Å². The second kappa shape index (κ2) is 4.27. The van der Waals surface area contributed by atoms with E-state index in [1.807, 2.05) is 30.3 Å². The van der Waals surface area contributed by atoms with Crippen LogP contribution in [0.15, 0.2) is 41.5 Å². The van der Waals surface area contributed by atoms with E-state index in [9.17, 15) is 4.79 Å². The molecule has 0 unspecified atom stereocenters. The van der Waals surface area contributed by atoms with Crippen molar-refractivity contribution in [1.82, 2.24) is 29.1 Å². The quantitative estimate of drug-likeness (QED) is 0.591. The highest BCUT2D eigenvalue weighted by atomic mass is 16.1. The Bertz CT molecular complexity index is 995. The van der Waals surface area contributed by atoms with E-state index in [0.717, 1.165) is 11.4 Å². The molecule has 0 radical (unpaired) electrons. The zero-order valence-corrected chi connectivity index (χ0v) is 11.3. The highest BCUT2D eigenvalue weighted by Crippen LogP contribution is 2.12. The van der Waals surface area contributed by atoms with Crippen molar-refractivity contribution in [2.24, 2.45) is 7.05 Å². The number of hydrogen-bond acceptors (Lipinski definition) is 4. The minimum absolute atomic E-state index is 0.155. The lowest BCUT2D eigenvalue weighted by Gasteiger charge is -1.99. The normalized spacial score (nSPS) is 11.5. The highest BCUT2D eigenvalue weighted by molar-refractivity contribution is 5.72. The van der Waals surface area contributed by atoms with Gasteiger partial charge in [-0.3, -0.25) is 9.36 Å². The largest absolute Gasteiger partial charge is 0.336 e. The summed E-state index contributed by atoms with van der Waals surface area (Å²) in [6, 6.07) is 9.98. The van der Waals surface area contributed by atoms with Crippen molar-refractivity contribution in [3.63, 3.8) is 0 Å². The van der Waals surface area contributed by atoms with Crippen LogP contribution in [0.5, 0.6) is 0 Å². The van der Waals surface area contributed by atoms with Gasteiger partial charge in [0.25, 0.3) is 5.56 Å². The first kappa shape index (κ1) is 11.8. The summed E-state index contributed by atoms with van der Waals surface area (Å²) in [5.41, 5.74) is 1.93. The van der Waals surface area contributed by atoms with Gasteiger partial charge in [-0.25, -0.2) is 4.98 Å². The lowest BCUT2D eigenvalue weighted by Crippen LogP contribution is -2.20. The molecule has 1 aromatic carbocycles. The fraction of sp³-hybridized carbons (Fsp3) is 0.143. The van der Waals surface area contributed by atoms with Crippen LogP contribution in [0.4, 0.5) is 0 Å². The molecule has 104 valence electrons. The average Bonchev–Trinajstić information content (AvgIpc) is 3.12. The second-order valence-electron chi connectivity index (χ2n) is 4.88. The Labute approximate surface area is 118 Å². The SMILES string of the molecule is Cn1c(=O)c2[nH]c(Cc3ccccc3)nc2n2ncnc12. The molecule has 0 amide bonds. The molecule has 0 saturated carbocycles. The lowest BCUT2D eigenvalue weighted by molar-refractivity contribution is 0.835. The molecule has 0 aliphatic rings. The summed E-state index contributed by atoms with van der Waals surface area (Å²) < 4.78 is 3.03. The predicted octanol–water partition coefficient (Wildman–Crippen LogP) is 0.895. The maximum Gasteiger partial charge on any atom is 0.280 e. The summed E-state index contributed by atoms with van der Waals surface area (Å²) in [5.74, 6) is 1.21. The molecule has 0 atom stereocenters. The molecule has 4 rings (SSSR count). The van der Waals surface area contributed by atoms with Crippen LogP contribution in [0, 0.1) is 0 Å². The summed E-state index contributed by atoms with van der Waals surface area (Å²) >= 11 is 0. The van der Waals surface area contributed by atoms with Crippen molar-refractivity contribution in [1.29, 1.82) is 0 Å². The van der Waals surface area contributed by atoms with Gasteiger partial charge in [0.2, 0.25) is 5.78 Å². The molecule has 0 bridgehead atoms. The van der Waals surface area contributed by atoms with Crippen LogP contribution in [0.2, 0.25) is 0 Å². The van der Waals surface area contributed by atoms with Crippen molar-refractivity contribution >= 4 is 16.9 Å². The molecule has 3 aromatic heterocycles. The molecule has 0 aliphatic carbocycles. The average molecular weight is 280 g/mol. The van der Waals surface area contributed by atoms with E-state index in [1.54, 1.807) is 11.6 Å². The van der Waals surface area contributed by atoms with E-state index in [2.05, 4.69) is 20.1 Å². The van der Waals surface area contributed by atoms with Gasteiger partial charge in [-0.15, -0.1) is 0 Å². The van der Waals surface area contributed by atoms with Gasteiger partial charge in [0, 0.05) is 13.5 Å². The Morgan fingerprint density at radius 3 is 2.86 bits per heavy atom. The van der Waals surface area contributed by atoms with Crippen molar-refractivity contribution < 1.29 is 0 Å².